The highest BCUT2D eigenvalue weighted by Gasteiger charge is 2.15. The first kappa shape index (κ1) is 38.9. The van der Waals surface area contributed by atoms with Crippen LogP contribution in [0.3, 0.4) is 0 Å². The molecule has 0 aromatic carbocycles. The quantitative estimate of drug-likeness (QED) is 0.0944. The Bertz CT molecular complexity index is 570. The smallest absolute Gasteiger partial charge is 0.306 e. The number of esters is 1. The summed E-state index contributed by atoms with van der Waals surface area (Å²) in [5.74, 6) is 0.169. The zero-order valence-electron chi connectivity index (χ0n) is 25.7. The molecular formula is C30H59NO9. The van der Waals surface area contributed by atoms with Gasteiger partial charge in [-0.15, -0.1) is 0 Å². The Kier molecular flexibility index (Phi) is 28.5. The molecule has 0 unspecified atom stereocenters. The molecule has 0 aliphatic rings. The molecule has 0 aliphatic heterocycles. The molecule has 0 fully saturated rings. The first-order valence-electron chi connectivity index (χ1n) is 15.2. The van der Waals surface area contributed by atoms with Crippen molar-refractivity contribution >= 4 is 11.8 Å². The van der Waals surface area contributed by atoms with Crippen LogP contribution in [0.25, 0.3) is 0 Å². The topological polar surface area (TPSA) is 125 Å². The molecule has 238 valence electrons. The van der Waals surface area contributed by atoms with Gasteiger partial charge in [-0.2, -0.15) is 0 Å². The van der Waals surface area contributed by atoms with Crippen molar-refractivity contribution in [3.05, 3.63) is 0 Å². The van der Waals surface area contributed by atoms with Crippen LogP contribution >= 0.6 is 0 Å². The van der Waals surface area contributed by atoms with E-state index in [0.717, 1.165) is 51.4 Å². The van der Waals surface area contributed by atoms with Crippen LogP contribution in [0.4, 0.5) is 0 Å². The van der Waals surface area contributed by atoms with Gasteiger partial charge < -0.3 is 38.9 Å². The van der Waals surface area contributed by atoms with Crippen molar-refractivity contribution in [3.63, 3.8) is 0 Å². The van der Waals surface area contributed by atoms with Crippen LogP contribution in [0.1, 0.15) is 91.4 Å². The average Bonchev–Trinajstić information content (AvgIpc) is 2.90. The summed E-state index contributed by atoms with van der Waals surface area (Å²) in [4.78, 5) is 23.6. The monoisotopic (exact) mass is 577 g/mol. The molecule has 40 heavy (non-hydrogen) atoms. The second-order valence-electron chi connectivity index (χ2n) is 10.7. The molecular weight excluding hydrogens is 518 g/mol. The zero-order chi connectivity index (χ0) is 29.6. The molecule has 10 heteroatoms. The number of hydrogen-bond acceptors (Lipinski definition) is 10. The third-order valence-corrected chi connectivity index (χ3v) is 5.56. The number of carbonyl (C=O) groups is 2. The van der Waals surface area contributed by atoms with Gasteiger partial charge in [0.05, 0.1) is 52.9 Å². The maximum absolute atomic E-state index is 12.0. The largest absolute Gasteiger partial charge is 0.460 e. The predicted octanol–water partition coefficient (Wildman–Crippen LogP) is 4.25. The molecule has 0 aromatic rings. The Morgan fingerprint density at radius 2 is 0.825 bits per heavy atom. The lowest BCUT2D eigenvalue weighted by molar-refractivity contribution is -0.155. The third kappa shape index (κ3) is 33.1. The minimum absolute atomic E-state index is 0.161. The highest BCUT2D eigenvalue weighted by Crippen LogP contribution is 2.10. The molecule has 0 aromatic heterocycles. The Balaban J connectivity index is 3.21. The van der Waals surface area contributed by atoms with Crippen LogP contribution in [0.5, 0.6) is 0 Å². The first-order chi connectivity index (χ1) is 19.3. The van der Waals surface area contributed by atoms with Gasteiger partial charge in [0.1, 0.15) is 11.4 Å². The van der Waals surface area contributed by atoms with Crippen molar-refractivity contribution in [1.82, 2.24) is 0 Å². The van der Waals surface area contributed by atoms with Gasteiger partial charge in [0.2, 0.25) is 0 Å². The van der Waals surface area contributed by atoms with Crippen LogP contribution in [0.2, 0.25) is 0 Å². The minimum Gasteiger partial charge on any atom is -0.460 e. The van der Waals surface area contributed by atoms with Gasteiger partial charge in [0, 0.05) is 45.7 Å². The normalized spacial score (nSPS) is 11.7. The van der Waals surface area contributed by atoms with Crippen LogP contribution in [-0.2, 0) is 42.7 Å². The highest BCUT2D eigenvalue weighted by atomic mass is 16.6. The van der Waals surface area contributed by atoms with Crippen LogP contribution in [0.15, 0.2) is 0 Å². The third-order valence-electron chi connectivity index (χ3n) is 5.56. The summed E-state index contributed by atoms with van der Waals surface area (Å²) in [6.07, 6.45) is 8.79. The van der Waals surface area contributed by atoms with Crippen molar-refractivity contribution in [1.29, 1.82) is 0 Å². The van der Waals surface area contributed by atoms with Crippen molar-refractivity contribution in [2.45, 2.75) is 97.0 Å². The molecule has 0 spiro atoms. The molecule has 0 saturated carbocycles. The number of hydrogen-bond donors (Lipinski definition) is 1. The lowest BCUT2D eigenvalue weighted by Crippen LogP contribution is -2.23. The van der Waals surface area contributed by atoms with E-state index in [-0.39, 0.29) is 5.97 Å². The molecule has 0 saturated heterocycles. The SMILES string of the molecule is CC(C)(C)OC(=O)CCCCOCCOCCOCCCCC(=O)CCCCCOCCOCCOCCCN. The number of unbranched alkanes of at least 4 members (excludes halogenated alkanes) is 4. The van der Waals surface area contributed by atoms with Crippen LogP contribution in [0, 0.1) is 0 Å². The number of ketones is 1. The Morgan fingerprint density at radius 1 is 0.475 bits per heavy atom. The summed E-state index contributed by atoms with van der Waals surface area (Å²) < 4.78 is 38.2. The number of Topliss-reactive ketones (excluding diaryl/α,β-unsaturated/α-hetero) is 1. The summed E-state index contributed by atoms with van der Waals surface area (Å²) in [6.45, 7) is 13.4. The maximum Gasteiger partial charge on any atom is 0.306 e. The van der Waals surface area contributed by atoms with E-state index < -0.39 is 5.60 Å². The van der Waals surface area contributed by atoms with Crippen molar-refractivity contribution < 1.29 is 42.7 Å². The number of nitrogens with two attached hydrogens (primary N) is 1. The number of carbonyl (C=O) groups excluding carboxylic acids is 2. The zero-order valence-corrected chi connectivity index (χ0v) is 25.7. The van der Waals surface area contributed by atoms with Gasteiger partial charge in [0.15, 0.2) is 0 Å². The van der Waals surface area contributed by atoms with E-state index in [1.54, 1.807) is 0 Å². The lowest BCUT2D eigenvalue weighted by atomic mass is 10.1. The number of rotatable bonds is 31. The molecule has 0 heterocycles. The van der Waals surface area contributed by atoms with E-state index in [1.165, 1.54) is 0 Å². The van der Waals surface area contributed by atoms with Crippen molar-refractivity contribution in [2.75, 3.05) is 85.8 Å². The molecule has 0 bridgehead atoms. The van der Waals surface area contributed by atoms with Crippen molar-refractivity contribution in [2.24, 2.45) is 5.73 Å². The average molecular weight is 578 g/mol. The summed E-state index contributed by atoms with van der Waals surface area (Å²) in [5.41, 5.74) is 4.97. The van der Waals surface area contributed by atoms with Gasteiger partial charge in [-0.1, -0.05) is 6.42 Å². The molecule has 0 rings (SSSR count). The lowest BCUT2D eigenvalue weighted by Gasteiger charge is -2.19. The fourth-order valence-electron chi connectivity index (χ4n) is 3.49. The standard InChI is InChI=1S/C30H59NO9/c1-30(2,3)40-29(33)14-7-10-18-36-22-26-38-25-21-35-17-9-6-13-28(32)12-5-4-8-16-34-20-24-39-27-23-37-19-11-15-31/h4-27,31H2,1-3H3. The van der Waals surface area contributed by atoms with Gasteiger partial charge in [-0.3, -0.25) is 9.59 Å². The second kappa shape index (κ2) is 29.4. The van der Waals surface area contributed by atoms with Gasteiger partial charge in [-0.05, 0) is 72.3 Å². The Hall–Kier alpha value is -1.14. The first-order valence-corrected chi connectivity index (χ1v) is 15.2. The molecule has 0 aliphatic carbocycles. The summed E-state index contributed by atoms with van der Waals surface area (Å²) in [5, 5.41) is 0. The maximum atomic E-state index is 12.0. The van der Waals surface area contributed by atoms with E-state index in [9.17, 15) is 9.59 Å². The van der Waals surface area contributed by atoms with E-state index in [0.29, 0.717) is 111 Å². The van der Waals surface area contributed by atoms with E-state index in [4.69, 9.17) is 38.9 Å². The summed E-state index contributed by atoms with van der Waals surface area (Å²) >= 11 is 0. The van der Waals surface area contributed by atoms with Crippen LogP contribution in [-0.4, -0.2) is 103 Å². The molecule has 2 N–H and O–H groups in total. The molecule has 0 amide bonds. The number of ether oxygens (including phenoxy) is 7. The molecule has 0 atom stereocenters. The van der Waals surface area contributed by atoms with Gasteiger partial charge in [-0.25, -0.2) is 0 Å². The summed E-state index contributed by atoms with van der Waals surface area (Å²) in [7, 11) is 0. The molecule has 10 nitrogen and oxygen atoms in total. The van der Waals surface area contributed by atoms with E-state index >= 15 is 0 Å². The second-order valence-corrected chi connectivity index (χ2v) is 10.7. The molecule has 0 radical (unpaired) electrons. The van der Waals surface area contributed by atoms with Gasteiger partial charge >= 0.3 is 5.97 Å². The Labute approximate surface area is 243 Å². The predicted molar refractivity (Wildman–Crippen MR) is 156 cm³/mol. The van der Waals surface area contributed by atoms with Gasteiger partial charge in [0.25, 0.3) is 0 Å². The Morgan fingerprint density at radius 3 is 1.25 bits per heavy atom. The minimum atomic E-state index is -0.427. The van der Waals surface area contributed by atoms with E-state index in [2.05, 4.69) is 0 Å². The summed E-state index contributed by atoms with van der Waals surface area (Å²) in [6, 6.07) is 0. The fourth-order valence-corrected chi connectivity index (χ4v) is 3.49. The van der Waals surface area contributed by atoms with Crippen LogP contribution < -0.4 is 5.73 Å². The fraction of sp³-hybridized carbons (Fsp3) is 0.933. The van der Waals surface area contributed by atoms with Crippen molar-refractivity contribution in [3.8, 4) is 0 Å². The highest BCUT2D eigenvalue weighted by molar-refractivity contribution is 5.78. The van der Waals surface area contributed by atoms with E-state index in [1.807, 2.05) is 20.8 Å².